The molecule has 0 saturated heterocycles. The lowest BCUT2D eigenvalue weighted by atomic mass is 10.2. The molecule has 1 heterocycles. The number of carbonyl (C=O) groups is 1. The zero-order chi connectivity index (χ0) is 19.4. The van der Waals surface area contributed by atoms with E-state index in [1.165, 1.54) is 18.3 Å². The Labute approximate surface area is 155 Å². The number of aromatic nitrogens is 2. The molecular weight excluding hydrogens is 350 g/mol. The standard InChI is InChI=1S/C20H18F2N4O/c1-12-7-8-15(9-18(12)22)26-19(27)16-11-24-20(25-13(16)2)23-10-14-5-3-4-6-17(14)21/h3-9,11H,10H2,1-2H3,(H,26,27)(H,23,24,25). The van der Waals surface area contributed by atoms with E-state index in [-0.39, 0.29) is 23.9 Å². The van der Waals surface area contributed by atoms with Crippen molar-refractivity contribution < 1.29 is 13.6 Å². The van der Waals surface area contributed by atoms with Crippen LogP contribution in [-0.2, 0) is 6.54 Å². The first-order valence-corrected chi connectivity index (χ1v) is 8.32. The molecule has 1 amide bonds. The lowest BCUT2D eigenvalue weighted by Crippen LogP contribution is -2.16. The molecule has 0 bridgehead atoms. The Morgan fingerprint density at radius 2 is 1.85 bits per heavy atom. The number of halogens is 2. The van der Waals surface area contributed by atoms with Crippen LogP contribution in [0.25, 0.3) is 0 Å². The number of carbonyl (C=O) groups excluding carboxylic acids is 1. The molecule has 0 aliphatic carbocycles. The van der Waals surface area contributed by atoms with Crippen LogP contribution in [0.2, 0.25) is 0 Å². The van der Waals surface area contributed by atoms with E-state index in [1.54, 1.807) is 44.2 Å². The number of hydrogen-bond donors (Lipinski definition) is 2. The van der Waals surface area contributed by atoms with Gasteiger partial charge in [0, 0.05) is 24.0 Å². The maximum atomic E-state index is 13.6. The molecule has 0 spiro atoms. The van der Waals surface area contributed by atoms with Crippen molar-refractivity contribution in [2.75, 3.05) is 10.6 Å². The fraction of sp³-hybridized carbons (Fsp3) is 0.150. The van der Waals surface area contributed by atoms with Crippen LogP contribution < -0.4 is 10.6 Å². The van der Waals surface area contributed by atoms with E-state index in [0.717, 1.165) is 0 Å². The van der Waals surface area contributed by atoms with E-state index in [4.69, 9.17) is 0 Å². The third-order valence-corrected chi connectivity index (χ3v) is 4.05. The van der Waals surface area contributed by atoms with Crippen molar-refractivity contribution in [2.24, 2.45) is 0 Å². The van der Waals surface area contributed by atoms with Crippen LogP contribution in [0.1, 0.15) is 27.2 Å². The summed E-state index contributed by atoms with van der Waals surface area (Å²) in [4.78, 5) is 20.7. The fourth-order valence-corrected chi connectivity index (χ4v) is 2.46. The van der Waals surface area contributed by atoms with Crippen molar-refractivity contribution in [2.45, 2.75) is 20.4 Å². The molecular formula is C20H18F2N4O. The van der Waals surface area contributed by atoms with E-state index in [2.05, 4.69) is 20.6 Å². The van der Waals surface area contributed by atoms with Gasteiger partial charge in [-0.25, -0.2) is 18.7 Å². The summed E-state index contributed by atoms with van der Waals surface area (Å²) in [5.41, 5.74) is 2.06. The zero-order valence-electron chi connectivity index (χ0n) is 14.9. The second-order valence-electron chi connectivity index (χ2n) is 6.06. The number of aryl methyl sites for hydroxylation is 2. The highest BCUT2D eigenvalue weighted by molar-refractivity contribution is 6.04. The Bertz CT molecular complexity index is 991. The molecule has 0 unspecified atom stereocenters. The van der Waals surface area contributed by atoms with Crippen molar-refractivity contribution in [1.29, 1.82) is 0 Å². The highest BCUT2D eigenvalue weighted by Gasteiger charge is 2.13. The molecule has 0 saturated carbocycles. The van der Waals surface area contributed by atoms with Crippen molar-refractivity contribution in [3.05, 3.63) is 82.7 Å². The fourth-order valence-electron chi connectivity index (χ4n) is 2.46. The summed E-state index contributed by atoms with van der Waals surface area (Å²) in [7, 11) is 0. The summed E-state index contributed by atoms with van der Waals surface area (Å²) in [6.45, 7) is 3.53. The molecule has 0 radical (unpaired) electrons. The third-order valence-electron chi connectivity index (χ3n) is 4.05. The van der Waals surface area contributed by atoms with Gasteiger partial charge in [-0.2, -0.15) is 0 Å². The summed E-state index contributed by atoms with van der Waals surface area (Å²) >= 11 is 0. The highest BCUT2D eigenvalue weighted by Crippen LogP contribution is 2.16. The molecule has 27 heavy (non-hydrogen) atoms. The Hall–Kier alpha value is -3.35. The first-order chi connectivity index (χ1) is 12.9. The Morgan fingerprint density at radius 3 is 2.56 bits per heavy atom. The Morgan fingerprint density at radius 1 is 1.07 bits per heavy atom. The van der Waals surface area contributed by atoms with E-state index in [0.29, 0.717) is 22.5 Å². The molecule has 2 N–H and O–H groups in total. The van der Waals surface area contributed by atoms with E-state index >= 15 is 0 Å². The molecule has 138 valence electrons. The van der Waals surface area contributed by atoms with Gasteiger partial charge in [0.1, 0.15) is 11.6 Å². The summed E-state index contributed by atoms with van der Waals surface area (Å²) in [6, 6.07) is 10.9. The molecule has 0 fully saturated rings. The lowest BCUT2D eigenvalue weighted by Gasteiger charge is -2.10. The number of benzene rings is 2. The van der Waals surface area contributed by atoms with Gasteiger partial charge in [0.25, 0.3) is 5.91 Å². The zero-order valence-corrected chi connectivity index (χ0v) is 14.9. The lowest BCUT2D eigenvalue weighted by molar-refractivity contribution is 0.102. The SMILES string of the molecule is Cc1ccc(NC(=O)c2cnc(NCc3ccccc3F)nc2C)cc1F. The monoisotopic (exact) mass is 368 g/mol. The molecule has 3 rings (SSSR count). The molecule has 2 aromatic carbocycles. The van der Waals surface area contributed by atoms with Crippen LogP contribution in [0, 0.1) is 25.5 Å². The quantitative estimate of drug-likeness (QED) is 0.707. The van der Waals surface area contributed by atoms with Gasteiger partial charge in [-0.1, -0.05) is 24.3 Å². The smallest absolute Gasteiger partial charge is 0.259 e. The Balaban J connectivity index is 1.69. The van der Waals surface area contributed by atoms with Crippen molar-refractivity contribution in [1.82, 2.24) is 9.97 Å². The van der Waals surface area contributed by atoms with Crippen LogP contribution >= 0.6 is 0 Å². The molecule has 0 aliphatic heterocycles. The van der Waals surface area contributed by atoms with Gasteiger partial charge < -0.3 is 10.6 Å². The maximum absolute atomic E-state index is 13.6. The van der Waals surface area contributed by atoms with Crippen LogP contribution in [0.3, 0.4) is 0 Å². The number of hydrogen-bond acceptors (Lipinski definition) is 4. The number of rotatable bonds is 5. The predicted octanol–water partition coefficient (Wildman–Crippen LogP) is 4.24. The van der Waals surface area contributed by atoms with Gasteiger partial charge in [0.15, 0.2) is 0 Å². The highest BCUT2D eigenvalue weighted by atomic mass is 19.1. The summed E-state index contributed by atoms with van der Waals surface area (Å²) < 4.78 is 27.2. The van der Waals surface area contributed by atoms with E-state index < -0.39 is 11.7 Å². The molecule has 0 atom stereocenters. The minimum atomic E-state index is -0.434. The van der Waals surface area contributed by atoms with E-state index in [1.807, 2.05) is 0 Å². The van der Waals surface area contributed by atoms with Crippen molar-refractivity contribution >= 4 is 17.5 Å². The molecule has 7 heteroatoms. The average molecular weight is 368 g/mol. The maximum Gasteiger partial charge on any atom is 0.259 e. The Kier molecular flexibility index (Phi) is 5.40. The largest absolute Gasteiger partial charge is 0.350 e. The summed E-state index contributed by atoms with van der Waals surface area (Å²) in [5, 5.41) is 5.55. The van der Waals surface area contributed by atoms with Gasteiger partial charge >= 0.3 is 0 Å². The second-order valence-corrected chi connectivity index (χ2v) is 6.06. The average Bonchev–Trinajstić information content (AvgIpc) is 2.64. The third kappa shape index (κ3) is 4.44. The van der Waals surface area contributed by atoms with E-state index in [9.17, 15) is 13.6 Å². The first kappa shape index (κ1) is 18.4. The molecule has 1 aromatic heterocycles. The number of amides is 1. The minimum Gasteiger partial charge on any atom is -0.350 e. The summed E-state index contributed by atoms with van der Waals surface area (Å²) in [5.74, 6) is -0.860. The van der Waals surface area contributed by atoms with Crippen molar-refractivity contribution in [3.63, 3.8) is 0 Å². The number of anilines is 2. The van der Waals surface area contributed by atoms with Gasteiger partial charge in [-0.3, -0.25) is 4.79 Å². The van der Waals surface area contributed by atoms with Crippen LogP contribution in [-0.4, -0.2) is 15.9 Å². The van der Waals surface area contributed by atoms with Crippen LogP contribution in [0.4, 0.5) is 20.4 Å². The van der Waals surface area contributed by atoms with Crippen LogP contribution in [0.5, 0.6) is 0 Å². The summed E-state index contributed by atoms with van der Waals surface area (Å²) in [6.07, 6.45) is 1.38. The number of nitrogens with zero attached hydrogens (tertiary/aromatic N) is 2. The van der Waals surface area contributed by atoms with Gasteiger partial charge in [-0.05, 0) is 37.6 Å². The van der Waals surface area contributed by atoms with Gasteiger partial charge in [0.05, 0.1) is 11.3 Å². The van der Waals surface area contributed by atoms with Crippen LogP contribution in [0.15, 0.2) is 48.7 Å². The first-order valence-electron chi connectivity index (χ1n) is 8.32. The topological polar surface area (TPSA) is 66.9 Å². The predicted molar refractivity (Wildman–Crippen MR) is 99.6 cm³/mol. The van der Waals surface area contributed by atoms with Gasteiger partial charge in [0.2, 0.25) is 5.95 Å². The molecule has 5 nitrogen and oxygen atoms in total. The second kappa shape index (κ2) is 7.90. The number of nitrogens with one attached hydrogen (secondary N) is 2. The molecule has 3 aromatic rings. The normalized spacial score (nSPS) is 10.5. The molecule has 0 aliphatic rings. The van der Waals surface area contributed by atoms with Crippen molar-refractivity contribution in [3.8, 4) is 0 Å². The minimum absolute atomic E-state index is 0.223. The van der Waals surface area contributed by atoms with Gasteiger partial charge in [-0.15, -0.1) is 0 Å².